The number of carbonyl (C=O) groups is 1. The highest BCUT2D eigenvalue weighted by molar-refractivity contribution is 5.97. The van der Waals surface area contributed by atoms with Crippen LogP contribution < -0.4 is 5.32 Å². The molecule has 19 heavy (non-hydrogen) atoms. The van der Waals surface area contributed by atoms with Crippen LogP contribution in [0, 0.1) is 10.1 Å². The fraction of sp³-hybridized carbons (Fsp3) is 0.167. The number of nitro groups is 1. The van der Waals surface area contributed by atoms with Crippen LogP contribution in [0.5, 0.6) is 0 Å². The second kappa shape index (κ2) is 4.20. The molecule has 0 spiro atoms. The van der Waals surface area contributed by atoms with Gasteiger partial charge in [-0.05, 0) is 34.6 Å². The third-order valence-electron chi connectivity index (χ3n) is 3.13. The number of rotatable bonds is 2. The molecule has 1 aromatic carbocycles. The summed E-state index contributed by atoms with van der Waals surface area (Å²) < 4.78 is 0. The first-order chi connectivity index (χ1) is 9.16. The molecule has 0 unspecified atom stereocenters. The third kappa shape index (κ3) is 1.85. The molecule has 0 fully saturated rings. The minimum absolute atomic E-state index is 0.102. The predicted molar refractivity (Wildman–Crippen MR) is 66.7 cm³/mol. The largest absolute Gasteiger partial charge is 0.397 e. The maximum absolute atomic E-state index is 11.6. The fourth-order valence-electron chi connectivity index (χ4n) is 2.23. The van der Waals surface area contributed by atoms with E-state index in [2.05, 4.69) is 15.5 Å². The lowest BCUT2D eigenvalue weighted by Gasteiger charge is -2.16. The van der Waals surface area contributed by atoms with Crippen molar-refractivity contribution in [1.29, 1.82) is 0 Å². The minimum atomic E-state index is -0.530. The van der Waals surface area contributed by atoms with Crippen LogP contribution in [0.2, 0.25) is 0 Å². The van der Waals surface area contributed by atoms with E-state index in [9.17, 15) is 14.9 Å². The molecule has 96 valence electrons. The summed E-state index contributed by atoms with van der Waals surface area (Å²) in [6, 6.07) is 5.20. The van der Waals surface area contributed by atoms with Crippen molar-refractivity contribution < 1.29 is 9.72 Å². The monoisotopic (exact) mass is 258 g/mol. The van der Waals surface area contributed by atoms with Crippen molar-refractivity contribution in [3.63, 3.8) is 0 Å². The van der Waals surface area contributed by atoms with Gasteiger partial charge in [0.25, 0.3) is 5.91 Å². The Balaban J connectivity index is 2.09. The number of H-pyrrole nitrogens is 1. The van der Waals surface area contributed by atoms with Crippen molar-refractivity contribution in [2.75, 3.05) is 6.54 Å². The second-order valence-electron chi connectivity index (χ2n) is 4.26. The van der Waals surface area contributed by atoms with Crippen LogP contribution in [-0.4, -0.2) is 27.6 Å². The maximum Gasteiger partial charge on any atom is 0.397 e. The van der Waals surface area contributed by atoms with Crippen molar-refractivity contribution in [3.8, 4) is 11.1 Å². The van der Waals surface area contributed by atoms with Gasteiger partial charge in [-0.2, -0.15) is 5.10 Å². The third-order valence-corrected chi connectivity index (χ3v) is 3.13. The molecule has 7 nitrogen and oxygen atoms in total. The molecular formula is C12H10N4O3. The highest BCUT2D eigenvalue weighted by Gasteiger charge is 2.22. The first-order valence-corrected chi connectivity index (χ1v) is 5.76. The number of aromatic amines is 1. The van der Waals surface area contributed by atoms with Crippen LogP contribution in [0.1, 0.15) is 15.9 Å². The SMILES string of the molecule is O=C1NCCc2cc(-c3c[nH]nc3[N+](=O)[O-])ccc21. The molecule has 3 rings (SSSR count). The Hall–Kier alpha value is -2.70. The first kappa shape index (κ1) is 11.4. The molecule has 0 bridgehead atoms. The molecule has 0 atom stereocenters. The molecule has 1 amide bonds. The summed E-state index contributed by atoms with van der Waals surface area (Å²) in [6.07, 6.45) is 2.21. The summed E-state index contributed by atoms with van der Waals surface area (Å²) in [6.45, 7) is 0.586. The van der Waals surface area contributed by atoms with E-state index < -0.39 is 4.92 Å². The van der Waals surface area contributed by atoms with E-state index >= 15 is 0 Å². The van der Waals surface area contributed by atoms with E-state index in [4.69, 9.17) is 0 Å². The van der Waals surface area contributed by atoms with Gasteiger partial charge in [-0.3, -0.25) is 4.79 Å². The lowest BCUT2D eigenvalue weighted by Crippen LogP contribution is -2.31. The molecule has 2 aromatic rings. The summed E-state index contributed by atoms with van der Waals surface area (Å²) in [5.74, 6) is -0.310. The van der Waals surface area contributed by atoms with Crippen molar-refractivity contribution in [2.45, 2.75) is 6.42 Å². The first-order valence-electron chi connectivity index (χ1n) is 5.76. The van der Waals surface area contributed by atoms with Gasteiger partial charge in [0, 0.05) is 12.1 Å². The Morgan fingerprint density at radius 1 is 1.32 bits per heavy atom. The van der Waals surface area contributed by atoms with Crippen LogP contribution in [0.15, 0.2) is 24.4 Å². The van der Waals surface area contributed by atoms with Crippen molar-refractivity contribution in [3.05, 3.63) is 45.6 Å². The normalized spacial score (nSPS) is 13.8. The van der Waals surface area contributed by atoms with Gasteiger partial charge >= 0.3 is 5.82 Å². The number of aromatic nitrogens is 2. The number of hydrogen-bond acceptors (Lipinski definition) is 4. The average Bonchev–Trinajstić information content (AvgIpc) is 2.88. The number of amides is 1. The topological polar surface area (TPSA) is 101 Å². The lowest BCUT2D eigenvalue weighted by molar-refractivity contribution is -0.388. The van der Waals surface area contributed by atoms with Gasteiger partial charge in [-0.25, -0.2) is 0 Å². The smallest absolute Gasteiger partial charge is 0.358 e. The molecule has 2 heterocycles. The molecule has 1 aromatic heterocycles. The van der Waals surface area contributed by atoms with Gasteiger partial charge in [0.15, 0.2) is 0 Å². The van der Waals surface area contributed by atoms with Gasteiger partial charge in [0.2, 0.25) is 0 Å². The Labute approximate surface area is 107 Å². The summed E-state index contributed by atoms with van der Waals surface area (Å²) in [4.78, 5) is 21.9. The summed E-state index contributed by atoms with van der Waals surface area (Å²) in [5, 5.41) is 19.7. The van der Waals surface area contributed by atoms with Gasteiger partial charge in [0.05, 0.1) is 11.3 Å². The van der Waals surface area contributed by atoms with Crippen LogP contribution in [-0.2, 0) is 6.42 Å². The summed E-state index contributed by atoms with van der Waals surface area (Å²) in [5.41, 5.74) is 2.64. The molecule has 1 aliphatic heterocycles. The van der Waals surface area contributed by atoms with Gasteiger partial charge in [0.1, 0.15) is 5.56 Å². The van der Waals surface area contributed by atoms with E-state index in [1.807, 2.05) is 6.07 Å². The van der Waals surface area contributed by atoms with Crippen LogP contribution in [0.25, 0.3) is 11.1 Å². The van der Waals surface area contributed by atoms with Gasteiger partial charge < -0.3 is 15.4 Å². The number of benzene rings is 1. The Morgan fingerprint density at radius 2 is 2.16 bits per heavy atom. The Kier molecular flexibility index (Phi) is 2.52. The molecule has 0 saturated heterocycles. The minimum Gasteiger partial charge on any atom is -0.358 e. The van der Waals surface area contributed by atoms with Crippen molar-refractivity contribution in [1.82, 2.24) is 15.5 Å². The van der Waals surface area contributed by atoms with Gasteiger partial charge in [-0.1, -0.05) is 6.07 Å². The average molecular weight is 258 g/mol. The number of nitrogens with zero attached hydrogens (tertiary/aromatic N) is 2. The van der Waals surface area contributed by atoms with E-state index in [0.29, 0.717) is 23.2 Å². The Bertz CT molecular complexity index is 677. The highest BCUT2D eigenvalue weighted by Crippen LogP contribution is 2.29. The molecule has 0 aliphatic carbocycles. The van der Waals surface area contributed by atoms with E-state index in [-0.39, 0.29) is 11.7 Å². The zero-order chi connectivity index (χ0) is 13.4. The maximum atomic E-state index is 11.6. The van der Waals surface area contributed by atoms with E-state index in [0.717, 1.165) is 12.0 Å². The van der Waals surface area contributed by atoms with Crippen LogP contribution >= 0.6 is 0 Å². The zero-order valence-corrected chi connectivity index (χ0v) is 9.84. The van der Waals surface area contributed by atoms with Crippen molar-refractivity contribution in [2.24, 2.45) is 0 Å². The second-order valence-corrected chi connectivity index (χ2v) is 4.26. The molecule has 0 radical (unpaired) electrons. The summed E-state index contributed by atoms with van der Waals surface area (Å²) >= 11 is 0. The zero-order valence-electron chi connectivity index (χ0n) is 9.84. The standard InChI is InChI=1S/C12H10N4O3/c17-12-9-2-1-7(5-8(9)3-4-13-12)10-6-14-15-11(10)16(18)19/h1-2,5-6H,3-4H2,(H,13,17)(H,14,15). The lowest BCUT2D eigenvalue weighted by atomic mass is 9.96. The Morgan fingerprint density at radius 3 is 2.95 bits per heavy atom. The predicted octanol–water partition coefficient (Wildman–Crippen LogP) is 1.27. The molecule has 7 heteroatoms. The number of nitrogens with one attached hydrogen (secondary N) is 2. The molecular weight excluding hydrogens is 248 g/mol. The van der Waals surface area contributed by atoms with Crippen LogP contribution in [0.4, 0.5) is 5.82 Å². The van der Waals surface area contributed by atoms with Gasteiger partial charge in [-0.15, -0.1) is 0 Å². The summed E-state index contributed by atoms with van der Waals surface area (Å²) in [7, 11) is 0. The number of carbonyl (C=O) groups excluding carboxylic acids is 1. The van der Waals surface area contributed by atoms with Crippen molar-refractivity contribution >= 4 is 11.7 Å². The van der Waals surface area contributed by atoms with E-state index in [1.54, 1.807) is 12.1 Å². The van der Waals surface area contributed by atoms with Crippen LogP contribution in [0.3, 0.4) is 0 Å². The quantitative estimate of drug-likeness (QED) is 0.625. The molecule has 2 N–H and O–H groups in total. The molecule has 0 saturated carbocycles. The van der Waals surface area contributed by atoms with E-state index in [1.165, 1.54) is 6.20 Å². The highest BCUT2D eigenvalue weighted by atomic mass is 16.6. The number of fused-ring (bicyclic) bond motifs is 1. The molecule has 1 aliphatic rings. The number of hydrogen-bond donors (Lipinski definition) is 2. The fourth-order valence-corrected chi connectivity index (χ4v) is 2.23.